The van der Waals surface area contributed by atoms with Crippen LogP contribution in [-0.2, 0) is 5.60 Å². The van der Waals surface area contributed by atoms with E-state index in [2.05, 4.69) is 25.6 Å². The number of imidazole rings is 1. The number of anilines is 1. The minimum Gasteiger partial charge on any atom is -0.496 e. The summed E-state index contributed by atoms with van der Waals surface area (Å²) in [6.07, 6.45) is 7.63. The first-order valence-electron chi connectivity index (χ1n) is 10.5. The minimum atomic E-state index is -1.05. The molecule has 0 amide bonds. The average Bonchev–Trinajstić information content (AvgIpc) is 3.17. The number of nitrogens with one attached hydrogen (secondary N) is 2. The van der Waals surface area contributed by atoms with Crippen LogP contribution < -0.4 is 15.4 Å². The van der Waals surface area contributed by atoms with E-state index in [9.17, 15) is 5.11 Å². The van der Waals surface area contributed by atoms with Crippen LogP contribution in [0.4, 0.5) is 5.95 Å². The van der Waals surface area contributed by atoms with Gasteiger partial charge in [0.25, 0.3) is 0 Å². The van der Waals surface area contributed by atoms with Crippen molar-refractivity contribution in [3.63, 3.8) is 0 Å². The molecule has 4 rings (SSSR count). The van der Waals surface area contributed by atoms with Crippen molar-refractivity contribution in [3.05, 3.63) is 36.3 Å². The second kappa shape index (κ2) is 9.40. The molecule has 8 nitrogen and oxygen atoms in total. The van der Waals surface area contributed by atoms with E-state index in [0.717, 1.165) is 43.0 Å². The Kier molecular flexibility index (Phi) is 6.89. The molecule has 0 aliphatic carbocycles. The van der Waals surface area contributed by atoms with Crippen molar-refractivity contribution in [2.75, 3.05) is 25.5 Å². The number of aromatic nitrogens is 4. The second-order valence-corrected chi connectivity index (χ2v) is 7.64. The third-order valence-electron chi connectivity index (χ3n) is 5.04. The highest BCUT2D eigenvalue weighted by Gasteiger charge is 2.23. The third-order valence-corrected chi connectivity index (χ3v) is 5.04. The molecule has 1 aliphatic heterocycles. The maximum absolute atomic E-state index is 10.5. The number of ether oxygens (including phenoxy) is 1. The zero-order valence-corrected chi connectivity index (χ0v) is 18.4. The Morgan fingerprint density at radius 1 is 1.30 bits per heavy atom. The van der Waals surface area contributed by atoms with Crippen LogP contribution in [0.3, 0.4) is 0 Å². The Morgan fingerprint density at radius 2 is 2.10 bits per heavy atom. The van der Waals surface area contributed by atoms with Crippen LogP contribution >= 0.6 is 0 Å². The zero-order valence-electron chi connectivity index (χ0n) is 18.4. The predicted molar refractivity (Wildman–Crippen MR) is 119 cm³/mol. The van der Waals surface area contributed by atoms with Crippen molar-refractivity contribution in [2.45, 2.75) is 52.2 Å². The van der Waals surface area contributed by atoms with Gasteiger partial charge in [0.2, 0.25) is 5.95 Å². The lowest BCUT2D eigenvalue weighted by molar-refractivity contribution is 0.0752. The first kappa shape index (κ1) is 22.0. The molecule has 8 heteroatoms. The standard InChI is InChI=1S/C20H26N6O2.C2H6/c1-20(2,27)14-12-26-16(11-23-18(26)9-17(14)28-3)15-6-8-22-19(25-15)24-13-5-4-7-21-10-13;1-2/h6,8-9,11-13,21,27H,4-5,7,10H2,1-3H3,(H,22,24,25);1-2H3. The zero-order chi connectivity index (χ0) is 21.7. The number of hydrogen-bond donors (Lipinski definition) is 3. The largest absolute Gasteiger partial charge is 0.496 e. The van der Waals surface area contributed by atoms with Gasteiger partial charge < -0.3 is 20.5 Å². The van der Waals surface area contributed by atoms with Crippen LogP contribution in [0.1, 0.15) is 46.1 Å². The van der Waals surface area contributed by atoms with E-state index >= 15 is 0 Å². The van der Waals surface area contributed by atoms with Crippen LogP contribution in [0.15, 0.2) is 30.7 Å². The van der Waals surface area contributed by atoms with E-state index in [1.165, 1.54) is 0 Å². The van der Waals surface area contributed by atoms with Gasteiger partial charge >= 0.3 is 0 Å². The smallest absolute Gasteiger partial charge is 0.223 e. The lowest BCUT2D eigenvalue weighted by Crippen LogP contribution is -2.38. The van der Waals surface area contributed by atoms with Gasteiger partial charge in [-0.15, -0.1) is 0 Å². The van der Waals surface area contributed by atoms with E-state index < -0.39 is 5.60 Å². The summed E-state index contributed by atoms with van der Waals surface area (Å²) < 4.78 is 7.36. The maximum Gasteiger partial charge on any atom is 0.223 e. The van der Waals surface area contributed by atoms with Gasteiger partial charge in [0, 0.05) is 36.6 Å². The summed E-state index contributed by atoms with van der Waals surface area (Å²) in [5.41, 5.74) is 1.95. The molecule has 162 valence electrons. The summed E-state index contributed by atoms with van der Waals surface area (Å²) in [5, 5.41) is 17.3. The average molecular weight is 413 g/mol. The van der Waals surface area contributed by atoms with E-state index in [1.807, 2.05) is 36.6 Å². The van der Waals surface area contributed by atoms with Crippen molar-refractivity contribution < 1.29 is 9.84 Å². The van der Waals surface area contributed by atoms with Gasteiger partial charge in [-0.3, -0.25) is 4.40 Å². The van der Waals surface area contributed by atoms with Gasteiger partial charge in [-0.25, -0.2) is 15.0 Å². The minimum absolute atomic E-state index is 0.331. The van der Waals surface area contributed by atoms with Gasteiger partial charge in [-0.1, -0.05) is 13.8 Å². The molecule has 1 saturated heterocycles. The number of pyridine rings is 1. The number of hydrogen-bond acceptors (Lipinski definition) is 7. The molecule has 1 unspecified atom stereocenters. The van der Waals surface area contributed by atoms with Crippen LogP contribution in [0.25, 0.3) is 17.0 Å². The number of aliphatic hydroxyl groups is 1. The summed E-state index contributed by atoms with van der Waals surface area (Å²) >= 11 is 0. The van der Waals surface area contributed by atoms with Crippen molar-refractivity contribution in [1.82, 2.24) is 24.7 Å². The molecule has 3 aromatic rings. The molecule has 3 aromatic heterocycles. The Hall–Kier alpha value is -2.71. The normalized spacial score (nSPS) is 16.7. The molecule has 0 radical (unpaired) electrons. The molecular weight excluding hydrogens is 380 g/mol. The Bertz CT molecular complexity index is 973. The number of methoxy groups -OCH3 is 1. The lowest BCUT2D eigenvalue weighted by atomic mass is 9.99. The van der Waals surface area contributed by atoms with E-state index in [1.54, 1.807) is 33.4 Å². The number of fused-ring (bicyclic) bond motifs is 1. The summed E-state index contributed by atoms with van der Waals surface area (Å²) in [6.45, 7) is 9.45. The van der Waals surface area contributed by atoms with Gasteiger partial charge in [0.05, 0.1) is 30.3 Å². The summed E-state index contributed by atoms with van der Waals surface area (Å²) in [5.74, 6) is 1.21. The molecule has 0 saturated carbocycles. The van der Waals surface area contributed by atoms with E-state index in [4.69, 9.17) is 4.74 Å². The van der Waals surface area contributed by atoms with Crippen molar-refractivity contribution in [1.29, 1.82) is 0 Å². The molecule has 1 atom stereocenters. The van der Waals surface area contributed by atoms with Gasteiger partial charge in [0.15, 0.2) is 0 Å². The van der Waals surface area contributed by atoms with E-state index in [0.29, 0.717) is 23.3 Å². The predicted octanol–water partition coefficient (Wildman–Crippen LogP) is 3.22. The molecule has 0 bridgehead atoms. The van der Waals surface area contributed by atoms with Gasteiger partial charge in [-0.05, 0) is 39.3 Å². The Morgan fingerprint density at radius 3 is 2.77 bits per heavy atom. The first-order valence-corrected chi connectivity index (χ1v) is 10.5. The molecule has 0 aromatic carbocycles. The van der Waals surface area contributed by atoms with Crippen LogP contribution in [-0.4, -0.2) is 50.7 Å². The molecule has 30 heavy (non-hydrogen) atoms. The van der Waals surface area contributed by atoms with Gasteiger partial charge in [-0.2, -0.15) is 0 Å². The highest BCUT2D eigenvalue weighted by atomic mass is 16.5. The summed E-state index contributed by atoms with van der Waals surface area (Å²) in [6, 6.07) is 4.02. The number of rotatable bonds is 5. The van der Waals surface area contributed by atoms with Crippen molar-refractivity contribution >= 4 is 11.6 Å². The SMILES string of the molecule is CC.COc1cc2ncc(-c3ccnc(NC4CCCNC4)n3)n2cc1C(C)(C)O. The monoisotopic (exact) mass is 412 g/mol. The Balaban J connectivity index is 0.00000124. The highest BCUT2D eigenvalue weighted by molar-refractivity contribution is 5.63. The fourth-order valence-electron chi connectivity index (χ4n) is 3.55. The molecular formula is C22H32N6O2. The van der Waals surface area contributed by atoms with Crippen molar-refractivity contribution in [3.8, 4) is 17.1 Å². The molecule has 1 aliphatic rings. The van der Waals surface area contributed by atoms with E-state index in [-0.39, 0.29) is 0 Å². The Labute approximate surface area is 177 Å². The molecule has 4 heterocycles. The number of nitrogens with zero attached hydrogens (tertiary/aromatic N) is 4. The fraction of sp³-hybridized carbons (Fsp3) is 0.500. The second-order valence-electron chi connectivity index (χ2n) is 7.64. The third kappa shape index (κ3) is 4.71. The fourth-order valence-corrected chi connectivity index (χ4v) is 3.55. The first-order chi connectivity index (χ1) is 14.5. The molecule has 0 spiro atoms. The van der Waals surface area contributed by atoms with Crippen molar-refractivity contribution in [2.24, 2.45) is 0 Å². The quantitative estimate of drug-likeness (QED) is 0.592. The van der Waals surface area contributed by atoms with Gasteiger partial charge in [0.1, 0.15) is 11.4 Å². The maximum atomic E-state index is 10.5. The summed E-state index contributed by atoms with van der Waals surface area (Å²) in [4.78, 5) is 13.5. The summed E-state index contributed by atoms with van der Waals surface area (Å²) in [7, 11) is 1.59. The number of piperidine rings is 1. The topological polar surface area (TPSA) is 96.6 Å². The lowest BCUT2D eigenvalue weighted by Gasteiger charge is -2.23. The van der Waals surface area contributed by atoms with Crippen LogP contribution in [0, 0.1) is 0 Å². The molecule has 1 fully saturated rings. The highest BCUT2D eigenvalue weighted by Crippen LogP contribution is 2.32. The van der Waals surface area contributed by atoms with Crippen LogP contribution in [0.5, 0.6) is 5.75 Å². The van der Waals surface area contributed by atoms with Crippen LogP contribution in [0.2, 0.25) is 0 Å². The molecule has 3 N–H and O–H groups in total.